The van der Waals surface area contributed by atoms with E-state index in [-0.39, 0.29) is 5.91 Å². The molecule has 1 aliphatic rings. The standard InChI is InChI=1S/C22H25FN4O3/c1-16-4-2-3-5-19(16)22(30)27-14-12-26(13-15-27)11-10-24-20(28)21(29)25-18-8-6-17(23)7-9-18/h2-9H,10-15H2,1H3,(H,24,28)(H,25,29). The summed E-state index contributed by atoms with van der Waals surface area (Å²) in [6, 6.07) is 12.7. The van der Waals surface area contributed by atoms with Gasteiger partial charge in [-0.1, -0.05) is 18.2 Å². The van der Waals surface area contributed by atoms with E-state index in [0.29, 0.717) is 45.0 Å². The molecule has 2 N–H and O–H groups in total. The molecule has 1 aliphatic heterocycles. The average Bonchev–Trinajstić information content (AvgIpc) is 2.75. The number of halogens is 1. The Morgan fingerprint density at radius 2 is 1.60 bits per heavy atom. The zero-order chi connectivity index (χ0) is 21.5. The first-order chi connectivity index (χ1) is 14.4. The molecule has 0 spiro atoms. The number of aryl methyl sites for hydroxylation is 1. The molecular formula is C22H25FN4O3. The summed E-state index contributed by atoms with van der Waals surface area (Å²) >= 11 is 0. The Morgan fingerprint density at radius 1 is 0.933 bits per heavy atom. The quantitative estimate of drug-likeness (QED) is 0.732. The van der Waals surface area contributed by atoms with Crippen LogP contribution in [0.3, 0.4) is 0 Å². The topological polar surface area (TPSA) is 81.8 Å². The summed E-state index contributed by atoms with van der Waals surface area (Å²) < 4.78 is 12.9. The van der Waals surface area contributed by atoms with Gasteiger partial charge in [-0.2, -0.15) is 0 Å². The van der Waals surface area contributed by atoms with E-state index in [0.717, 1.165) is 11.1 Å². The van der Waals surface area contributed by atoms with Crippen molar-refractivity contribution in [3.05, 3.63) is 65.5 Å². The van der Waals surface area contributed by atoms with Crippen LogP contribution in [0.15, 0.2) is 48.5 Å². The van der Waals surface area contributed by atoms with Crippen LogP contribution in [-0.4, -0.2) is 66.8 Å². The number of anilines is 1. The summed E-state index contributed by atoms with van der Waals surface area (Å²) in [6.45, 7) is 5.48. The lowest BCUT2D eigenvalue weighted by atomic mass is 10.1. The van der Waals surface area contributed by atoms with Crippen molar-refractivity contribution in [1.82, 2.24) is 15.1 Å². The first-order valence-electron chi connectivity index (χ1n) is 9.86. The number of rotatable bonds is 5. The van der Waals surface area contributed by atoms with Crippen molar-refractivity contribution in [2.24, 2.45) is 0 Å². The molecule has 30 heavy (non-hydrogen) atoms. The molecule has 0 radical (unpaired) electrons. The molecule has 3 amide bonds. The number of hydrogen-bond donors (Lipinski definition) is 2. The molecule has 2 aromatic rings. The van der Waals surface area contributed by atoms with Crippen LogP contribution in [0.2, 0.25) is 0 Å². The van der Waals surface area contributed by atoms with Crippen molar-refractivity contribution in [3.63, 3.8) is 0 Å². The highest BCUT2D eigenvalue weighted by Gasteiger charge is 2.23. The SMILES string of the molecule is Cc1ccccc1C(=O)N1CCN(CCNC(=O)C(=O)Nc2ccc(F)cc2)CC1. The van der Waals surface area contributed by atoms with E-state index in [1.807, 2.05) is 36.1 Å². The van der Waals surface area contributed by atoms with Gasteiger partial charge < -0.3 is 15.5 Å². The van der Waals surface area contributed by atoms with Crippen LogP contribution in [-0.2, 0) is 9.59 Å². The second-order valence-electron chi connectivity index (χ2n) is 7.17. The van der Waals surface area contributed by atoms with Gasteiger partial charge in [0.15, 0.2) is 0 Å². The number of piperazine rings is 1. The number of hydrogen-bond acceptors (Lipinski definition) is 4. The lowest BCUT2D eigenvalue weighted by molar-refractivity contribution is -0.136. The largest absolute Gasteiger partial charge is 0.347 e. The number of benzene rings is 2. The van der Waals surface area contributed by atoms with E-state index in [2.05, 4.69) is 15.5 Å². The summed E-state index contributed by atoms with van der Waals surface area (Å²) in [6.07, 6.45) is 0. The molecule has 158 valence electrons. The molecule has 0 aliphatic carbocycles. The maximum atomic E-state index is 12.9. The Hall–Kier alpha value is -3.26. The fraction of sp³-hybridized carbons (Fsp3) is 0.318. The third-order valence-electron chi connectivity index (χ3n) is 5.06. The van der Waals surface area contributed by atoms with Gasteiger partial charge in [-0.3, -0.25) is 19.3 Å². The summed E-state index contributed by atoms with van der Waals surface area (Å²) in [4.78, 5) is 40.4. The summed E-state index contributed by atoms with van der Waals surface area (Å²) in [5, 5.41) is 5.00. The van der Waals surface area contributed by atoms with Crippen molar-refractivity contribution >= 4 is 23.4 Å². The summed E-state index contributed by atoms with van der Waals surface area (Å²) in [5.74, 6) is -1.92. The predicted octanol–water partition coefficient (Wildman–Crippen LogP) is 1.65. The smallest absolute Gasteiger partial charge is 0.313 e. The predicted molar refractivity (Wildman–Crippen MR) is 112 cm³/mol. The van der Waals surface area contributed by atoms with Crippen LogP contribution in [0.5, 0.6) is 0 Å². The Labute approximate surface area is 174 Å². The maximum Gasteiger partial charge on any atom is 0.313 e. The van der Waals surface area contributed by atoms with Crippen LogP contribution in [0.4, 0.5) is 10.1 Å². The van der Waals surface area contributed by atoms with Crippen molar-refractivity contribution in [2.45, 2.75) is 6.92 Å². The van der Waals surface area contributed by atoms with E-state index >= 15 is 0 Å². The molecule has 1 heterocycles. The Balaban J connectivity index is 1.38. The zero-order valence-electron chi connectivity index (χ0n) is 16.9. The van der Waals surface area contributed by atoms with E-state index < -0.39 is 17.6 Å². The number of amides is 3. The average molecular weight is 412 g/mol. The molecule has 0 unspecified atom stereocenters. The van der Waals surface area contributed by atoms with Crippen molar-refractivity contribution in [3.8, 4) is 0 Å². The molecule has 1 fully saturated rings. The van der Waals surface area contributed by atoms with Crippen molar-refractivity contribution in [2.75, 3.05) is 44.6 Å². The van der Waals surface area contributed by atoms with Crippen molar-refractivity contribution in [1.29, 1.82) is 0 Å². The highest BCUT2D eigenvalue weighted by Crippen LogP contribution is 2.12. The Bertz CT molecular complexity index is 909. The summed E-state index contributed by atoms with van der Waals surface area (Å²) in [5.41, 5.74) is 2.04. The minimum absolute atomic E-state index is 0.0403. The zero-order valence-corrected chi connectivity index (χ0v) is 16.9. The molecule has 3 rings (SSSR count). The molecule has 0 bridgehead atoms. The van der Waals surface area contributed by atoms with Gasteiger partial charge in [0, 0.05) is 50.5 Å². The first-order valence-corrected chi connectivity index (χ1v) is 9.86. The third kappa shape index (κ3) is 5.64. The van der Waals surface area contributed by atoms with Gasteiger partial charge in [0.25, 0.3) is 5.91 Å². The third-order valence-corrected chi connectivity index (χ3v) is 5.06. The monoisotopic (exact) mass is 412 g/mol. The lowest BCUT2D eigenvalue weighted by Gasteiger charge is -2.35. The minimum Gasteiger partial charge on any atom is -0.347 e. The van der Waals surface area contributed by atoms with E-state index in [1.54, 1.807) is 0 Å². The number of carbonyl (C=O) groups is 3. The fourth-order valence-corrected chi connectivity index (χ4v) is 3.29. The lowest BCUT2D eigenvalue weighted by Crippen LogP contribution is -2.50. The highest BCUT2D eigenvalue weighted by atomic mass is 19.1. The number of carbonyl (C=O) groups excluding carboxylic acids is 3. The van der Waals surface area contributed by atoms with Crippen LogP contribution >= 0.6 is 0 Å². The fourth-order valence-electron chi connectivity index (χ4n) is 3.29. The molecule has 0 atom stereocenters. The Kier molecular flexibility index (Phi) is 7.13. The van der Waals surface area contributed by atoms with Crippen LogP contribution in [0.25, 0.3) is 0 Å². The van der Waals surface area contributed by atoms with E-state index in [9.17, 15) is 18.8 Å². The maximum absolute atomic E-state index is 12.9. The van der Waals surface area contributed by atoms with Gasteiger partial charge in [-0.05, 0) is 42.8 Å². The van der Waals surface area contributed by atoms with Gasteiger partial charge in [0.1, 0.15) is 5.82 Å². The molecular weight excluding hydrogens is 387 g/mol. The van der Waals surface area contributed by atoms with Crippen LogP contribution in [0, 0.1) is 12.7 Å². The van der Waals surface area contributed by atoms with E-state index in [4.69, 9.17) is 0 Å². The van der Waals surface area contributed by atoms with Gasteiger partial charge >= 0.3 is 11.8 Å². The normalized spacial score (nSPS) is 14.3. The van der Waals surface area contributed by atoms with Gasteiger partial charge in [0.2, 0.25) is 0 Å². The second-order valence-corrected chi connectivity index (χ2v) is 7.17. The molecule has 0 aromatic heterocycles. The molecule has 2 aromatic carbocycles. The number of nitrogens with zero attached hydrogens (tertiary/aromatic N) is 2. The van der Waals surface area contributed by atoms with Gasteiger partial charge in [-0.25, -0.2) is 4.39 Å². The second kappa shape index (κ2) is 9.98. The molecule has 1 saturated heterocycles. The summed E-state index contributed by atoms with van der Waals surface area (Å²) in [7, 11) is 0. The van der Waals surface area contributed by atoms with Crippen LogP contribution < -0.4 is 10.6 Å². The molecule has 0 saturated carbocycles. The van der Waals surface area contributed by atoms with E-state index in [1.165, 1.54) is 24.3 Å². The van der Waals surface area contributed by atoms with Crippen LogP contribution in [0.1, 0.15) is 15.9 Å². The molecule has 8 heteroatoms. The van der Waals surface area contributed by atoms with Crippen molar-refractivity contribution < 1.29 is 18.8 Å². The first kappa shape index (κ1) is 21.4. The molecule has 7 nitrogen and oxygen atoms in total. The number of nitrogens with one attached hydrogen (secondary N) is 2. The van der Waals surface area contributed by atoms with Gasteiger partial charge in [0.05, 0.1) is 0 Å². The minimum atomic E-state index is -0.796. The Morgan fingerprint density at radius 3 is 2.27 bits per heavy atom. The highest BCUT2D eigenvalue weighted by molar-refractivity contribution is 6.39. The van der Waals surface area contributed by atoms with Gasteiger partial charge in [-0.15, -0.1) is 0 Å².